The first-order valence-corrected chi connectivity index (χ1v) is 12.9. The molecule has 0 bridgehead atoms. The van der Waals surface area contributed by atoms with Crippen LogP contribution in [0.3, 0.4) is 0 Å². The summed E-state index contributed by atoms with van der Waals surface area (Å²) in [6.45, 7) is 7.11. The summed E-state index contributed by atoms with van der Waals surface area (Å²) in [5.41, 5.74) is 0. The first-order chi connectivity index (χ1) is 12.7. The van der Waals surface area contributed by atoms with Gasteiger partial charge in [0, 0.05) is 30.8 Å². The van der Waals surface area contributed by atoms with E-state index in [2.05, 4.69) is 4.90 Å². The molecule has 1 aromatic heterocycles. The van der Waals surface area contributed by atoms with Gasteiger partial charge in [-0.15, -0.1) is 11.3 Å². The first kappa shape index (κ1) is 22.0. The van der Waals surface area contributed by atoms with Crippen molar-refractivity contribution in [1.29, 1.82) is 0 Å². The molecule has 150 valence electrons. The Kier molecular flexibility index (Phi) is 7.58. The lowest BCUT2D eigenvalue weighted by Gasteiger charge is -2.25. The molecule has 0 atom stereocenters. The molecule has 27 heavy (non-hydrogen) atoms. The molecule has 1 heterocycles. The second kappa shape index (κ2) is 9.29. The molecule has 0 saturated carbocycles. The Morgan fingerprint density at radius 3 is 1.96 bits per heavy atom. The van der Waals surface area contributed by atoms with Gasteiger partial charge in [0.25, 0.3) is 0 Å². The summed E-state index contributed by atoms with van der Waals surface area (Å²) in [5.74, 6) is 0. The Labute approximate surface area is 166 Å². The van der Waals surface area contributed by atoms with Crippen molar-refractivity contribution >= 4 is 31.2 Å². The van der Waals surface area contributed by atoms with Crippen molar-refractivity contribution < 1.29 is 16.8 Å². The fraction of sp³-hybridized carbons (Fsp3) is 0.444. The number of sulfonamides is 1. The minimum absolute atomic E-state index is 0.103. The Bertz CT molecular complexity index is 917. The average molecular weight is 431 g/mol. The summed E-state index contributed by atoms with van der Waals surface area (Å²) < 4.78 is 51.0. The number of rotatable bonds is 10. The van der Waals surface area contributed by atoms with E-state index in [0.29, 0.717) is 19.6 Å². The third-order valence-corrected chi connectivity index (χ3v) is 8.21. The number of hydrogen-bond acceptors (Lipinski definition) is 6. The van der Waals surface area contributed by atoms with Crippen LogP contribution in [0.2, 0.25) is 0 Å². The largest absolute Gasteiger partial charge is 0.303 e. The molecule has 0 fully saturated rings. The van der Waals surface area contributed by atoms with Crippen LogP contribution in [0, 0.1) is 0 Å². The highest BCUT2D eigenvalue weighted by Gasteiger charge is 2.25. The summed E-state index contributed by atoms with van der Waals surface area (Å²) in [4.78, 5) is 3.34. The molecule has 2 rings (SSSR count). The second-order valence-electron chi connectivity index (χ2n) is 6.19. The molecular weight excluding hydrogens is 404 g/mol. The van der Waals surface area contributed by atoms with Gasteiger partial charge in [-0.2, -0.15) is 4.31 Å². The van der Waals surface area contributed by atoms with Crippen LogP contribution in [0.25, 0.3) is 0 Å². The van der Waals surface area contributed by atoms with E-state index in [1.165, 1.54) is 39.9 Å². The fourth-order valence-electron chi connectivity index (χ4n) is 2.66. The third kappa shape index (κ3) is 5.86. The number of sulfone groups is 1. The highest BCUT2D eigenvalue weighted by atomic mass is 32.2. The molecule has 0 amide bonds. The zero-order valence-corrected chi connectivity index (χ0v) is 18.3. The second-order valence-corrected chi connectivity index (χ2v) is 11.2. The lowest BCUT2D eigenvalue weighted by Crippen LogP contribution is -2.38. The third-order valence-electron chi connectivity index (χ3n) is 4.36. The van der Waals surface area contributed by atoms with Crippen molar-refractivity contribution in [3.05, 3.63) is 46.7 Å². The van der Waals surface area contributed by atoms with Gasteiger partial charge in [-0.1, -0.05) is 19.9 Å². The zero-order valence-electron chi connectivity index (χ0n) is 15.8. The van der Waals surface area contributed by atoms with Crippen molar-refractivity contribution in [2.75, 3.05) is 32.4 Å². The number of hydrogen-bond donors (Lipinski definition) is 0. The van der Waals surface area contributed by atoms with Crippen LogP contribution in [0.1, 0.15) is 18.7 Å². The smallest absolute Gasteiger partial charge is 0.243 e. The summed E-state index contributed by atoms with van der Waals surface area (Å²) in [6.07, 6.45) is 1.10. The highest BCUT2D eigenvalue weighted by molar-refractivity contribution is 7.90. The molecule has 0 spiro atoms. The van der Waals surface area contributed by atoms with Crippen molar-refractivity contribution in [1.82, 2.24) is 9.21 Å². The van der Waals surface area contributed by atoms with Crippen LogP contribution in [0.5, 0.6) is 0 Å². The number of benzene rings is 1. The number of nitrogens with zero attached hydrogens (tertiary/aromatic N) is 2. The van der Waals surface area contributed by atoms with E-state index in [-0.39, 0.29) is 9.79 Å². The predicted octanol–water partition coefficient (Wildman–Crippen LogP) is 2.68. The van der Waals surface area contributed by atoms with Gasteiger partial charge < -0.3 is 4.90 Å². The van der Waals surface area contributed by atoms with Gasteiger partial charge in [0.1, 0.15) is 0 Å². The average Bonchev–Trinajstić information content (AvgIpc) is 3.14. The Balaban J connectivity index is 2.30. The molecule has 0 radical (unpaired) electrons. The lowest BCUT2D eigenvalue weighted by atomic mass is 10.4. The van der Waals surface area contributed by atoms with Gasteiger partial charge in [0.05, 0.1) is 9.79 Å². The normalized spacial score (nSPS) is 12.8. The molecule has 1 aromatic carbocycles. The molecule has 9 heteroatoms. The molecule has 0 N–H and O–H groups in total. The summed E-state index contributed by atoms with van der Waals surface area (Å²) in [5, 5.41) is 1.92. The molecule has 2 aromatic rings. The van der Waals surface area contributed by atoms with Crippen LogP contribution in [-0.4, -0.2) is 58.5 Å². The number of thiophene rings is 1. The maximum Gasteiger partial charge on any atom is 0.243 e. The van der Waals surface area contributed by atoms with Crippen LogP contribution in [0.15, 0.2) is 51.6 Å². The van der Waals surface area contributed by atoms with Crippen molar-refractivity contribution in [2.45, 2.75) is 30.2 Å². The predicted molar refractivity (Wildman–Crippen MR) is 109 cm³/mol. The van der Waals surface area contributed by atoms with Crippen LogP contribution < -0.4 is 0 Å². The van der Waals surface area contributed by atoms with Crippen molar-refractivity contribution in [3.8, 4) is 0 Å². The molecule has 0 saturated heterocycles. The molecule has 6 nitrogen and oxygen atoms in total. The molecule has 0 aliphatic heterocycles. The summed E-state index contributed by atoms with van der Waals surface area (Å²) >= 11 is 1.52. The Morgan fingerprint density at radius 1 is 0.889 bits per heavy atom. The minimum Gasteiger partial charge on any atom is -0.303 e. The van der Waals surface area contributed by atoms with E-state index in [9.17, 15) is 16.8 Å². The topological polar surface area (TPSA) is 74.8 Å². The summed E-state index contributed by atoms with van der Waals surface area (Å²) in [7, 11) is -7.10. The minimum atomic E-state index is -3.73. The quantitative estimate of drug-likeness (QED) is 0.579. The monoisotopic (exact) mass is 430 g/mol. The zero-order chi connectivity index (χ0) is 20.1. The molecular formula is C18H26N2O4S3. The van der Waals surface area contributed by atoms with E-state index in [1.54, 1.807) is 0 Å². The standard InChI is InChI=1S/C18H26N2O4S3/c1-4-19(5-2)12-13-20(15-16-7-6-14-25-16)27(23,24)18-10-8-17(9-11-18)26(3,21)22/h6-11,14H,4-5,12-13,15H2,1-3H3. The van der Waals surface area contributed by atoms with E-state index in [1.807, 2.05) is 31.4 Å². The maximum atomic E-state index is 13.2. The Hall–Kier alpha value is -1.26. The first-order valence-electron chi connectivity index (χ1n) is 8.73. The van der Waals surface area contributed by atoms with Crippen molar-refractivity contribution in [3.63, 3.8) is 0 Å². The van der Waals surface area contributed by atoms with E-state index < -0.39 is 19.9 Å². The highest BCUT2D eigenvalue weighted by Crippen LogP contribution is 2.22. The molecule has 0 aliphatic rings. The molecule has 0 unspecified atom stereocenters. The van der Waals surface area contributed by atoms with Gasteiger partial charge in [-0.05, 0) is 48.8 Å². The van der Waals surface area contributed by atoms with Gasteiger partial charge in [-0.25, -0.2) is 16.8 Å². The van der Waals surface area contributed by atoms with Gasteiger partial charge >= 0.3 is 0 Å². The van der Waals surface area contributed by atoms with E-state index in [4.69, 9.17) is 0 Å². The van der Waals surface area contributed by atoms with Crippen LogP contribution in [-0.2, 0) is 26.4 Å². The lowest BCUT2D eigenvalue weighted by molar-refractivity contribution is 0.269. The SMILES string of the molecule is CCN(CC)CCN(Cc1cccs1)S(=O)(=O)c1ccc(S(C)(=O)=O)cc1. The number of likely N-dealkylation sites (N-methyl/N-ethyl adjacent to an activating group) is 1. The van der Waals surface area contributed by atoms with Crippen LogP contribution in [0.4, 0.5) is 0 Å². The fourth-order valence-corrected chi connectivity index (χ4v) is 5.50. The van der Waals surface area contributed by atoms with E-state index >= 15 is 0 Å². The Morgan fingerprint density at radius 2 is 1.48 bits per heavy atom. The van der Waals surface area contributed by atoms with E-state index in [0.717, 1.165) is 24.2 Å². The summed E-state index contributed by atoms with van der Waals surface area (Å²) in [6, 6.07) is 9.23. The van der Waals surface area contributed by atoms with Crippen molar-refractivity contribution in [2.24, 2.45) is 0 Å². The molecule has 0 aliphatic carbocycles. The van der Waals surface area contributed by atoms with Gasteiger partial charge in [0.2, 0.25) is 10.0 Å². The van der Waals surface area contributed by atoms with Gasteiger partial charge in [-0.3, -0.25) is 0 Å². The van der Waals surface area contributed by atoms with Gasteiger partial charge in [0.15, 0.2) is 9.84 Å². The van der Waals surface area contributed by atoms with Crippen LogP contribution >= 0.6 is 11.3 Å². The maximum absolute atomic E-state index is 13.2.